The van der Waals surface area contributed by atoms with Crippen LogP contribution in [0.1, 0.15) is 5.56 Å². The summed E-state index contributed by atoms with van der Waals surface area (Å²) in [5.74, 6) is 0.211. The number of anilines is 3. The van der Waals surface area contributed by atoms with Crippen LogP contribution in [0.2, 0.25) is 5.02 Å². The number of carbonyl (C=O) groups excluding carboxylic acids is 1. The number of benzene rings is 1. The van der Waals surface area contributed by atoms with E-state index < -0.39 is 11.7 Å². The van der Waals surface area contributed by atoms with Gasteiger partial charge in [0.15, 0.2) is 0 Å². The van der Waals surface area contributed by atoms with E-state index in [9.17, 15) is 18.0 Å². The van der Waals surface area contributed by atoms with E-state index >= 15 is 0 Å². The molecule has 0 bridgehead atoms. The molecule has 0 radical (unpaired) electrons. The number of aromatic nitrogens is 1. The molecule has 0 saturated carbocycles. The van der Waals surface area contributed by atoms with E-state index in [0.29, 0.717) is 45.2 Å². The Labute approximate surface area is 195 Å². The van der Waals surface area contributed by atoms with Gasteiger partial charge >= 0.3 is 6.18 Å². The van der Waals surface area contributed by atoms with Crippen LogP contribution >= 0.6 is 11.6 Å². The molecular formula is C22H25ClF3N5O2. The molecule has 11 heteroatoms. The third kappa shape index (κ3) is 5.87. The highest BCUT2D eigenvalue weighted by Gasteiger charge is 2.32. The van der Waals surface area contributed by atoms with E-state index in [-0.39, 0.29) is 17.5 Å². The molecule has 4 rings (SSSR count). The molecule has 1 aromatic carbocycles. The highest BCUT2D eigenvalue weighted by Crippen LogP contribution is 2.33. The topological polar surface area (TPSA) is 60.9 Å². The second kappa shape index (κ2) is 10.1. The van der Waals surface area contributed by atoms with Gasteiger partial charge < -0.3 is 19.9 Å². The maximum atomic E-state index is 12.8. The number of piperazine rings is 1. The third-order valence-electron chi connectivity index (χ3n) is 5.72. The number of morpholine rings is 1. The van der Waals surface area contributed by atoms with Gasteiger partial charge in [-0.05, 0) is 18.2 Å². The first-order chi connectivity index (χ1) is 15.8. The lowest BCUT2D eigenvalue weighted by atomic mass is 10.2. The van der Waals surface area contributed by atoms with Gasteiger partial charge in [0.25, 0.3) is 0 Å². The van der Waals surface area contributed by atoms with Crippen molar-refractivity contribution in [3.8, 4) is 0 Å². The van der Waals surface area contributed by atoms with Gasteiger partial charge in [0, 0.05) is 45.5 Å². The van der Waals surface area contributed by atoms with Crippen LogP contribution in [0, 0.1) is 0 Å². The van der Waals surface area contributed by atoms with Crippen LogP contribution in [-0.4, -0.2) is 74.8 Å². The van der Waals surface area contributed by atoms with Crippen LogP contribution in [-0.2, 0) is 15.7 Å². The van der Waals surface area contributed by atoms with Gasteiger partial charge in [0.1, 0.15) is 5.82 Å². The number of pyridine rings is 1. The lowest BCUT2D eigenvalue weighted by Gasteiger charge is -2.35. The molecule has 178 valence electrons. The SMILES string of the molecule is O=C(CN1CCN(c2ncc(C(F)(F)F)cc2Cl)CC1)Nc1ccccc1N1CCOCC1. The van der Waals surface area contributed by atoms with Crippen LogP contribution in [0.15, 0.2) is 36.5 Å². The largest absolute Gasteiger partial charge is 0.417 e. The minimum atomic E-state index is -4.48. The van der Waals surface area contributed by atoms with Crippen molar-refractivity contribution in [2.24, 2.45) is 0 Å². The number of hydrogen-bond acceptors (Lipinski definition) is 6. The molecule has 2 aliphatic heterocycles. The van der Waals surface area contributed by atoms with Crippen LogP contribution in [0.4, 0.5) is 30.4 Å². The van der Waals surface area contributed by atoms with E-state index in [1.54, 1.807) is 0 Å². The number of amides is 1. The summed E-state index contributed by atoms with van der Waals surface area (Å²) >= 11 is 6.06. The first-order valence-electron chi connectivity index (χ1n) is 10.7. The van der Waals surface area contributed by atoms with Gasteiger partial charge in [0.05, 0.1) is 41.7 Å². The van der Waals surface area contributed by atoms with Gasteiger partial charge in [-0.25, -0.2) is 4.98 Å². The number of hydrogen-bond donors (Lipinski definition) is 1. The highest BCUT2D eigenvalue weighted by molar-refractivity contribution is 6.33. The average Bonchev–Trinajstić information content (AvgIpc) is 2.80. The molecule has 2 aromatic rings. The van der Waals surface area contributed by atoms with E-state index in [1.807, 2.05) is 34.1 Å². The van der Waals surface area contributed by atoms with Crippen molar-refractivity contribution in [3.63, 3.8) is 0 Å². The van der Waals surface area contributed by atoms with E-state index in [4.69, 9.17) is 16.3 Å². The van der Waals surface area contributed by atoms with Crippen molar-refractivity contribution < 1.29 is 22.7 Å². The normalized spacial score (nSPS) is 17.8. The van der Waals surface area contributed by atoms with Crippen LogP contribution in [0.3, 0.4) is 0 Å². The zero-order valence-electron chi connectivity index (χ0n) is 17.9. The smallest absolute Gasteiger partial charge is 0.378 e. The fraction of sp³-hybridized carbons (Fsp3) is 0.455. The summed E-state index contributed by atoms with van der Waals surface area (Å²) < 4.78 is 43.9. The summed E-state index contributed by atoms with van der Waals surface area (Å²) in [5, 5.41) is 2.98. The molecule has 0 spiro atoms. The Bertz CT molecular complexity index is 977. The Balaban J connectivity index is 1.31. The molecule has 0 aliphatic carbocycles. The maximum Gasteiger partial charge on any atom is 0.417 e. The number of nitrogens with zero attached hydrogens (tertiary/aromatic N) is 4. The fourth-order valence-electron chi connectivity index (χ4n) is 3.99. The molecule has 1 N–H and O–H groups in total. The van der Waals surface area contributed by atoms with Crippen LogP contribution in [0.25, 0.3) is 0 Å². The number of ether oxygens (including phenoxy) is 1. The van der Waals surface area contributed by atoms with Crippen molar-refractivity contribution >= 4 is 34.7 Å². The minimum absolute atomic E-state index is 0.0317. The van der Waals surface area contributed by atoms with E-state index in [0.717, 1.165) is 36.7 Å². The third-order valence-corrected chi connectivity index (χ3v) is 6.00. The Hall–Kier alpha value is -2.56. The van der Waals surface area contributed by atoms with Gasteiger partial charge in [0.2, 0.25) is 5.91 Å². The lowest BCUT2D eigenvalue weighted by molar-refractivity contribution is -0.137. The lowest BCUT2D eigenvalue weighted by Crippen LogP contribution is -2.49. The summed E-state index contributed by atoms with van der Waals surface area (Å²) in [5.41, 5.74) is 0.870. The monoisotopic (exact) mass is 483 g/mol. The van der Waals surface area contributed by atoms with Gasteiger partial charge in [-0.2, -0.15) is 13.2 Å². The van der Waals surface area contributed by atoms with Crippen molar-refractivity contribution in [3.05, 3.63) is 47.1 Å². The van der Waals surface area contributed by atoms with Gasteiger partial charge in [-0.15, -0.1) is 0 Å². The van der Waals surface area contributed by atoms with Crippen molar-refractivity contribution in [2.45, 2.75) is 6.18 Å². The molecule has 3 heterocycles. The summed E-state index contributed by atoms with van der Waals surface area (Å²) in [4.78, 5) is 22.7. The number of halogens is 4. The minimum Gasteiger partial charge on any atom is -0.378 e. The van der Waals surface area contributed by atoms with E-state index in [1.165, 1.54) is 0 Å². The molecule has 2 saturated heterocycles. The second-order valence-electron chi connectivity index (χ2n) is 7.96. The highest BCUT2D eigenvalue weighted by atomic mass is 35.5. The van der Waals surface area contributed by atoms with Gasteiger partial charge in [-0.3, -0.25) is 9.69 Å². The number of rotatable bonds is 5. The molecule has 0 unspecified atom stereocenters. The predicted molar refractivity (Wildman–Crippen MR) is 121 cm³/mol. The van der Waals surface area contributed by atoms with Crippen molar-refractivity contribution in [1.29, 1.82) is 0 Å². The fourth-order valence-corrected chi connectivity index (χ4v) is 4.27. The molecule has 2 aliphatic rings. The first-order valence-corrected chi connectivity index (χ1v) is 11.1. The van der Waals surface area contributed by atoms with Crippen molar-refractivity contribution in [2.75, 3.05) is 74.1 Å². The van der Waals surface area contributed by atoms with Gasteiger partial charge in [-0.1, -0.05) is 23.7 Å². The number of alkyl halides is 3. The quantitative estimate of drug-likeness (QED) is 0.704. The second-order valence-corrected chi connectivity index (χ2v) is 8.36. The average molecular weight is 484 g/mol. The molecule has 0 atom stereocenters. The molecule has 33 heavy (non-hydrogen) atoms. The summed E-state index contributed by atoms with van der Waals surface area (Å²) in [6.07, 6.45) is -3.69. The Morgan fingerprint density at radius 3 is 2.42 bits per heavy atom. The molecule has 2 fully saturated rings. The van der Waals surface area contributed by atoms with Crippen molar-refractivity contribution in [1.82, 2.24) is 9.88 Å². The molecular weight excluding hydrogens is 459 g/mol. The van der Waals surface area contributed by atoms with Crippen LogP contribution in [0.5, 0.6) is 0 Å². The maximum absolute atomic E-state index is 12.8. The Kier molecular flexibility index (Phi) is 7.26. The zero-order chi connectivity index (χ0) is 23.4. The summed E-state index contributed by atoms with van der Waals surface area (Å²) in [7, 11) is 0. The zero-order valence-corrected chi connectivity index (χ0v) is 18.7. The summed E-state index contributed by atoms with van der Waals surface area (Å²) in [6.45, 7) is 5.24. The predicted octanol–water partition coefficient (Wildman–Crippen LogP) is 3.35. The Morgan fingerprint density at radius 1 is 1.06 bits per heavy atom. The summed E-state index contributed by atoms with van der Waals surface area (Å²) in [6, 6.07) is 8.61. The molecule has 1 amide bonds. The molecule has 1 aromatic heterocycles. The van der Waals surface area contributed by atoms with E-state index in [2.05, 4.69) is 15.2 Å². The van der Waals surface area contributed by atoms with Crippen LogP contribution < -0.4 is 15.1 Å². The first kappa shape index (κ1) is 23.6. The number of para-hydroxylation sites is 2. The Morgan fingerprint density at radius 2 is 1.76 bits per heavy atom. The molecule has 7 nitrogen and oxygen atoms in total. The number of nitrogens with one attached hydrogen (secondary N) is 1. The number of carbonyl (C=O) groups is 1. The standard InChI is InChI=1S/C22H25ClF3N5O2/c23-17-13-16(22(24,25)26)14-27-21(17)31-7-5-29(6-8-31)15-20(32)28-18-3-1-2-4-19(18)30-9-11-33-12-10-30/h1-4,13-14H,5-12,15H2,(H,28,32).